The Hall–Kier alpha value is -2.15. The highest BCUT2D eigenvalue weighted by molar-refractivity contribution is 5.97. The lowest BCUT2D eigenvalue weighted by molar-refractivity contribution is -0.384. The second kappa shape index (κ2) is 3.71. The number of carbonyl (C=O) groups is 1. The molecule has 0 saturated carbocycles. The van der Waals surface area contributed by atoms with E-state index in [0.29, 0.717) is 0 Å². The maximum Gasteiger partial charge on any atom is 0.270 e. The number of nitro groups is 1. The van der Waals surface area contributed by atoms with Crippen molar-refractivity contribution >= 4 is 11.6 Å². The van der Waals surface area contributed by atoms with Crippen molar-refractivity contribution in [2.24, 2.45) is 5.84 Å². The molecule has 1 amide bonds. The summed E-state index contributed by atoms with van der Waals surface area (Å²) in [6.07, 6.45) is 0. The Morgan fingerprint density at radius 2 is 2.21 bits per heavy atom. The molecule has 0 fully saturated rings. The first kappa shape index (κ1) is 9.93. The molecule has 0 aliphatic carbocycles. The van der Waals surface area contributed by atoms with Gasteiger partial charge in [-0.1, -0.05) is 0 Å². The molecule has 0 aromatic heterocycles. The minimum absolute atomic E-state index is 0.235. The predicted molar refractivity (Wildman–Crippen MR) is 46.4 cm³/mol. The standard InChI is InChI=1S/C7H7N3O4/c8-9-7(12)5-3-4(10(13)14)1-2-6(5)11/h1-3,11H,8H2,(H,9,12). The van der Waals surface area contributed by atoms with Crippen LogP contribution < -0.4 is 11.3 Å². The summed E-state index contributed by atoms with van der Waals surface area (Å²) in [5.74, 6) is 3.67. The summed E-state index contributed by atoms with van der Waals surface area (Å²) in [7, 11) is 0. The van der Waals surface area contributed by atoms with Crippen molar-refractivity contribution in [3.05, 3.63) is 33.9 Å². The first-order valence-corrected chi connectivity index (χ1v) is 3.54. The average Bonchev–Trinajstić information content (AvgIpc) is 2.17. The van der Waals surface area contributed by atoms with Crippen LogP contribution in [0.5, 0.6) is 5.75 Å². The smallest absolute Gasteiger partial charge is 0.270 e. The van der Waals surface area contributed by atoms with Gasteiger partial charge in [0.2, 0.25) is 0 Å². The van der Waals surface area contributed by atoms with E-state index in [4.69, 9.17) is 5.84 Å². The summed E-state index contributed by atoms with van der Waals surface area (Å²) in [6.45, 7) is 0. The van der Waals surface area contributed by atoms with Crippen LogP contribution in [0.4, 0.5) is 5.69 Å². The van der Waals surface area contributed by atoms with E-state index >= 15 is 0 Å². The number of nitrogens with two attached hydrogens (primary N) is 1. The van der Waals surface area contributed by atoms with Gasteiger partial charge in [-0.15, -0.1) is 0 Å². The number of nitrogen functional groups attached to an aromatic ring is 1. The second-order valence-electron chi connectivity index (χ2n) is 2.43. The number of nitrogens with one attached hydrogen (secondary N) is 1. The number of hydrazine groups is 1. The molecule has 1 aromatic rings. The largest absolute Gasteiger partial charge is 0.507 e. The van der Waals surface area contributed by atoms with Gasteiger partial charge in [0.25, 0.3) is 11.6 Å². The highest BCUT2D eigenvalue weighted by Gasteiger charge is 2.15. The van der Waals surface area contributed by atoms with Gasteiger partial charge < -0.3 is 5.11 Å². The number of rotatable bonds is 2. The SMILES string of the molecule is NNC(=O)c1cc([N+](=O)[O-])ccc1O. The molecule has 0 spiro atoms. The summed E-state index contributed by atoms with van der Waals surface area (Å²) in [5, 5.41) is 19.5. The van der Waals surface area contributed by atoms with Crippen molar-refractivity contribution in [3.63, 3.8) is 0 Å². The minimum Gasteiger partial charge on any atom is -0.507 e. The molecule has 7 heteroatoms. The van der Waals surface area contributed by atoms with Gasteiger partial charge in [0, 0.05) is 12.1 Å². The lowest BCUT2D eigenvalue weighted by Crippen LogP contribution is -2.30. The van der Waals surface area contributed by atoms with Crippen LogP contribution in [0, 0.1) is 10.1 Å². The quantitative estimate of drug-likeness (QED) is 0.265. The van der Waals surface area contributed by atoms with Crippen LogP contribution in [-0.2, 0) is 0 Å². The number of aromatic hydroxyl groups is 1. The molecule has 0 bridgehead atoms. The third kappa shape index (κ3) is 1.77. The predicted octanol–water partition coefficient (Wildman–Crippen LogP) is -0.0961. The first-order chi connectivity index (χ1) is 6.56. The minimum atomic E-state index is -0.786. The number of amides is 1. The van der Waals surface area contributed by atoms with Gasteiger partial charge in [0.05, 0.1) is 10.5 Å². The molecule has 0 atom stereocenters. The number of hydrogen-bond donors (Lipinski definition) is 3. The lowest BCUT2D eigenvalue weighted by atomic mass is 10.1. The summed E-state index contributed by atoms with van der Waals surface area (Å²) in [5.41, 5.74) is 1.24. The normalized spacial score (nSPS) is 9.50. The van der Waals surface area contributed by atoms with Gasteiger partial charge in [-0.25, -0.2) is 5.84 Å². The Balaban J connectivity index is 3.21. The van der Waals surface area contributed by atoms with Crippen LogP contribution in [0.2, 0.25) is 0 Å². The second-order valence-corrected chi connectivity index (χ2v) is 2.43. The van der Waals surface area contributed by atoms with E-state index in [2.05, 4.69) is 0 Å². The molecule has 74 valence electrons. The van der Waals surface area contributed by atoms with E-state index in [1.807, 2.05) is 0 Å². The Morgan fingerprint density at radius 1 is 1.57 bits per heavy atom. The molecule has 0 aliphatic rings. The van der Waals surface area contributed by atoms with Gasteiger partial charge in [0.15, 0.2) is 0 Å². The van der Waals surface area contributed by atoms with Crippen LogP contribution in [0.3, 0.4) is 0 Å². The average molecular weight is 197 g/mol. The molecule has 0 unspecified atom stereocenters. The molecule has 0 heterocycles. The van der Waals surface area contributed by atoms with E-state index < -0.39 is 10.8 Å². The van der Waals surface area contributed by atoms with Crippen molar-refractivity contribution in [1.29, 1.82) is 0 Å². The monoisotopic (exact) mass is 197 g/mol. The van der Waals surface area contributed by atoms with Gasteiger partial charge in [-0.2, -0.15) is 0 Å². The third-order valence-electron chi connectivity index (χ3n) is 1.57. The number of benzene rings is 1. The van der Waals surface area contributed by atoms with Crippen LogP contribution in [0.15, 0.2) is 18.2 Å². The lowest BCUT2D eigenvalue weighted by Gasteiger charge is -2.01. The molecule has 0 radical (unpaired) electrons. The highest BCUT2D eigenvalue weighted by atomic mass is 16.6. The Labute approximate surface area is 78.3 Å². The first-order valence-electron chi connectivity index (χ1n) is 3.54. The molecule has 4 N–H and O–H groups in total. The fourth-order valence-corrected chi connectivity index (χ4v) is 0.897. The van der Waals surface area contributed by atoms with Crippen molar-refractivity contribution in [2.75, 3.05) is 0 Å². The van der Waals surface area contributed by atoms with E-state index in [-0.39, 0.29) is 17.0 Å². The number of phenolic OH excluding ortho intramolecular Hbond substituents is 1. The van der Waals surface area contributed by atoms with Crippen molar-refractivity contribution in [2.45, 2.75) is 0 Å². The zero-order valence-electron chi connectivity index (χ0n) is 6.93. The number of nitrogens with zero attached hydrogens (tertiary/aromatic N) is 1. The van der Waals surface area contributed by atoms with Gasteiger partial charge >= 0.3 is 0 Å². The maximum atomic E-state index is 11.0. The number of non-ortho nitro benzene ring substituents is 1. The van der Waals surface area contributed by atoms with Crippen LogP contribution in [0.25, 0.3) is 0 Å². The van der Waals surface area contributed by atoms with E-state index in [1.54, 1.807) is 5.43 Å². The molecule has 1 rings (SSSR count). The molecule has 1 aromatic carbocycles. The summed E-state index contributed by atoms with van der Waals surface area (Å²) in [6, 6.07) is 3.09. The summed E-state index contributed by atoms with van der Waals surface area (Å²) < 4.78 is 0. The number of hydrogen-bond acceptors (Lipinski definition) is 5. The topological polar surface area (TPSA) is 118 Å². The number of nitro benzene ring substituents is 1. The van der Waals surface area contributed by atoms with Crippen molar-refractivity contribution in [3.8, 4) is 5.75 Å². The molecule has 0 aliphatic heterocycles. The van der Waals surface area contributed by atoms with Crippen molar-refractivity contribution in [1.82, 2.24) is 5.43 Å². The van der Waals surface area contributed by atoms with Gasteiger partial charge in [-0.05, 0) is 6.07 Å². The molecular formula is C7H7N3O4. The number of phenols is 1. The highest BCUT2D eigenvalue weighted by Crippen LogP contribution is 2.22. The third-order valence-corrected chi connectivity index (χ3v) is 1.57. The molecule has 0 saturated heterocycles. The molecule has 7 nitrogen and oxygen atoms in total. The fraction of sp³-hybridized carbons (Fsp3) is 0. The Kier molecular flexibility index (Phi) is 2.63. The fourth-order valence-electron chi connectivity index (χ4n) is 0.897. The summed E-state index contributed by atoms with van der Waals surface area (Å²) in [4.78, 5) is 20.7. The Bertz CT molecular complexity index is 391. The van der Waals surface area contributed by atoms with Crippen molar-refractivity contribution < 1.29 is 14.8 Å². The van der Waals surface area contributed by atoms with Gasteiger partial charge in [0.1, 0.15) is 5.75 Å². The van der Waals surface area contributed by atoms with Gasteiger partial charge in [-0.3, -0.25) is 20.3 Å². The van der Waals surface area contributed by atoms with E-state index in [9.17, 15) is 20.0 Å². The van der Waals surface area contributed by atoms with E-state index in [0.717, 1.165) is 18.2 Å². The van der Waals surface area contributed by atoms with Crippen LogP contribution >= 0.6 is 0 Å². The number of carbonyl (C=O) groups excluding carboxylic acids is 1. The molecule has 14 heavy (non-hydrogen) atoms. The van der Waals surface area contributed by atoms with E-state index in [1.165, 1.54) is 0 Å². The zero-order chi connectivity index (χ0) is 10.7. The molecular weight excluding hydrogens is 190 g/mol. The maximum absolute atomic E-state index is 11.0. The summed E-state index contributed by atoms with van der Waals surface area (Å²) >= 11 is 0. The van der Waals surface area contributed by atoms with Crippen LogP contribution in [0.1, 0.15) is 10.4 Å². The Morgan fingerprint density at radius 3 is 2.71 bits per heavy atom. The van der Waals surface area contributed by atoms with Crippen LogP contribution in [-0.4, -0.2) is 15.9 Å². The zero-order valence-corrected chi connectivity index (χ0v) is 6.93.